The molecule has 126 valence electrons. The summed E-state index contributed by atoms with van der Waals surface area (Å²) in [6, 6.07) is 11.9. The van der Waals surface area contributed by atoms with Gasteiger partial charge in [0, 0.05) is 10.4 Å². The largest absolute Gasteiger partial charge is 0.495 e. The monoisotopic (exact) mass is 362 g/mol. The number of aromatic nitrogens is 1. The molecule has 0 aliphatic heterocycles. The zero-order valence-electron chi connectivity index (χ0n) is 14.1. The summed E-state index contributed by atoms with van der Waals surface area (Å²) in [4.78, 5) is 4.77. The lowest BCUT2D eigenvalue weighted by Crippen LogP contribution is -1.99. The molecule has 0 atom stereocenters. The summed E-state index contributed by atoms with van der Waals surface area (Å²) in [7, 11) is 1.64. The summed E-state index contributed by atoms with van der Waals surface area (Å²) >= 11 is 6.09. The summed E-state index contributed by atoms with van der Waals surface area (Å²) < 4.78 is 5.38. The highest BCUT2D eigenvalue weighted by Crippen LogP contribution is 2.32. The van der Waals surface area contributed by atoms with Crippen LogP contribution in [0.15, 0.2) is 36.4 Å². The number of fused-ring (bicyclic) bond motifs is 1. The molecule has 0 spiro atoms. The van der Waals surface area contributed by atoms with Gasteiger partial charge in [-0.3, -0.25) is 0 Å². The SMILES string of the molecule is COc1ccc(Cl)cc1Nc1cc(C)c2cc(C)cc(C)c2n1.Cl. The summed E-state index contributed by atoms with van der Waals surface area (Å²) in [6.07, 6.45) is 0. The van der Waals surface area contributed by atoms with E-state index < -0.39 is 0 Å². The van der Waals surface area contributed by atoms with E-state index in [0.717, 1.165) is 22.8 Å². The molecule has 1 heterocycles. The van der Waals surface area contributed by atoms with Gasteiger partial charge in [0.1, 0.15) is 11.6 Å². The molecule has 0 fully saturated rings. The molecule has 3 rings (SSSR count). The predicted molar refractivity (Wildman–Crippen MR) is 104 cm³/mol. The van der Waals surface area contributed by atoms with Gasteiger partial charge in [-0.1, -0.05) is 23.2 Å². The maximum Gasteiger partial charge on any atom is 0.142 e. The number of hydrogen-bond acceptors (Lipinski definition) is 3. The molecule has 0 amide bonds. The van der Waals surface area contributed by atoms with E-state index in [1.165, 1.54) is 22.1 Å². The van der Waals surface area contributed by atoms with Gasteiger partial charge in [-0.25, -0.2) is 4.98 Å². The number of hydrogen-bond donors (Lipinski definition) is 1. The molecule has 1 aromatic heterocycles. The molecule has 0 saturated heterocycles. The van der Waals surface area contributed by atoms with Crippen LogP contribution in [0.3, 0.4) is 0 Å². The van der Waals surface area contributed by atoms with Crippen molar-refractivity contribution in [1.29, 1.82) is 0 Å². The van der Waals surface area contributed by atoms with Crippen LogP contribution in [0.4, 0.5) is 11.5 Å². The fourth-order valence-corrected chi connectivity index (χ4v) is 3.00. The van der Waals surface area contributed by atoms with Crippen LogP contribution in [0, 0.1) is 20.8 Å². The molecule has 0 aliphatic rings. The highest BCUT2D eigenvalue weighted by molar-refractivity contribution is 6.31. The van der Waals surface area contributed by atoms with Crippen molar-refractivity contribution in [1.82, 2.24) is 4.98 Å². The Labute approximate surface area is 153 Å². The Morgan fingerprint density at radius 1 is 1.00 bits per heavy atom. The summed E-state index contributed by atoms with van der Waals surface area (Å²) in [5.74, 6) is 1.51. The third-order valence-electron chi connectivity index (χ3n) is 3.88. The number of benzene rings is 2. The van der Waals surface area contributed by atoms with Crippen LogP contribution >= 0.6 is 24.0 Å². The van der Waals surface area contributed by atoms with Crippen molar-refractivity contribution in [2.24, 2.45) is 0 Å². The number of halogens is 2. The lowest BCUT2D eigenvalue weighted by molar-refractivity contribution is 0.417. The molecule has 0 saturated carbocycles. The van der Waals surface area contributed by atoms with Gasteiger partial charge in [-0.2, -0.15) is 0 Å². The van der Waals surface area contributed by atoms with Crippen molar-refractivity contribution < 1.29 is 4.74 Å². The van der Waals surface area contributed by atoms with Gasteiger partial charge >= 0.3 is 0 Å². The topological polar surface area (TPSA) is 34.1 Å². The van der Waals surface area contributed by atoms with Crippen LogP contribution in [-0.4, -0.2) is 12.1 Å². The number of nitrogens with zero attached hydrogens (tertiary/aromatic N) is 1. The Morgan fingerprint density at radius 3 is 2.46 bits per heavy atom. The minimum atomic E-state index is 0. The molecule has 0 aliphatic carbocycles. The number of anilines is 2. The molecule has 2 aromatic carbocycles. The molecule has 3 aromatic rings. The third kappa shape index (κ3) is 3.58. The van der Waals surface area contributed by atoms with Gasteiger partial charge in [0.05, 0.1) is 18.3 Å². The zero-order valence-corrected chi connectivity index (χ0v) is 15.7. The molecule has 24 heavy (non-hydrogen) atoms. The minimum absolute atomic E-state index is 0. The van der Waals surface area contributed by atoms with Crippen LogP contribution in [0.5, 0.6) is 5.75 Å². The Bertz CT molecular complexity index is 894. The average molecular weight is 363 g/mol. The number of rotatable bonds is 3. The van der Waals surface area contributed by atoms with E-state index in [0.29, 0.717) is 5.02 Å². The maximum absolute atomic E-state index is 6.09. The lowest BCUT2D eigenvalue weighted by Gasteiger charge is -2.14. The highest BCUT2D eigenvalue weighted by atomic mass is 35.5. The molecule has 0 bridgehead atoms. The van der Waals surface area contributed by atoms with Gasteiger partial charge in [-0.15, -0.1) is 12.4 Å². The van der Waals surface area contributed by atoms with Crippen molar-refractivity contribution in [3.8, 4) is 5.75 Å². The highest BCUT2D eigenvalue weighted by Gasteiger charge is 2.09. The van der Waals surface area contributed by atoms with Gasteiger partial charge in [0.15, 0.2) is 0 Å². The number of ether oxygens (including phenoxy) is 1. The standard InChI is InChI=1S/C19H19ClN2O.ClH/c1-11-7-13(3)19-15(8-11)12(2)9-18(22-19)21-16-10-14(20)5-6-17(16)23-4;/h5-10H,1-4H3,(H,21,22);1H. The van der Waals surface area contributed by atoms with Crippen molar-refractivity contribution in [2.45, 2.75) is 20.8 Å². The number of nitrogens with one attached hydrogen (secondary N) is 1. The first-order valence-electron chi connectivity index (χ1n) is 7.47. The predicted octanol–water partition coefficient (Wildman–Crippen LogP) is 5.99. The lowest BCUT2D eigenvalue weighted by atomic mass is 10.0. The van der Waals surface area contributed by atoms with E-state index in [1.54, 1.807) is 13.2 Å². The number of pyridine rings is 1. The quantitative estimate of drug-likeness (QED) is 0.621. The second kappa shape index (κ2) is 7.29. The molecule has 0 unspecified atom stereocenters. The average Bonchev–Trinajstić information content (AvgIpc) is 2.49. The number of aryl methyl sites for hydroxylation is 3. The van der Waals surface area contributed by atoms with Crippen molar-refractivity contribution in [2.75, 3.05) is 12.4 Å². The van der Waals surface area contributed by atoms with Gasteiger partial charge in [0.2, 0.25) is 0 Å². The van der Waals surface area contributed by atoms with E-state index in [2.05, 4.69) is 38.2 Å². The first-order chi connectivity index (χ1) is 11.0. The van der Waals surface area contributed by atoms with Crippen molar-refractivity contribution >= 4 is 46.4 Å². The van der Waals surface area contributed by atoms with Crippen LogP contribution in [-0.2, 0) is 0 Å². The molecular weight excluding hydrogens is 343 g/mol. The second-order valence-corrected chi connectivity index (χ2v) is 6.21. The van der Waals surface area contributed by atoms with Gasteiger partial charge in [-0.05, 0) is 62.2 Å². The molecule has 1 N–H and O–H groups in total. The summed E-state index contributed by atoms with van der Waals surface area (Å²) in [5, 5.41) is 5.16. The molecular formula is C19H20Cl2N2O. The van der Waals surface area contributed by atoms with Crippen LogP contribution < -0.4 is 10.1 Å². The fraction of sp³-hybridized carbons (Fsp3) is 0.211. The van der Waals surface area contributed by atoms with Crippen molar-refractivity contribution in [3.63, 3.8) is 0 Å². The Balaban J connectivity index is 0.00000208. The van der Waals surface area contributed by atoms with Crippen LogP contribution in [0.25, 0.3) is 10.9 Å². The Morgan fingerprint density at radius 2 is 1.75 bits per heavy atom. The van der Waals surface area contributed by atoms with E-state index in [1.807, 2.05) is 18.2 Å². The zero-order chi connectivity index (χ0) is 16.6. The summed E-state index contributed by atoms with van der Waals surface area (Å²) in [5.41, 5.74) is 5.42. The summed E-state index contributed by atoms with van der Waals surface area (Å²) in [6.45, 7) is 6.30. The van der Waals surface area contributed by atoms with Gasteiger partial charge < -0.3 is 10.1 Å². The first-order valence-corrected chi connectivity index (χ1v) is 7.85. The van der Waals surface area contributed by atoms with Crippen LogP contribution in [0.2, 0.25) is 5.02 Å². The van der Waals surface area contributed by atoms with Gasteiger partial charge in [0.25, 0.3) is 0 Å². The smallest absolute Gasteiger partial charge is 0.142 e. The van der Waals surface area contributed by atoms with Crippen LogP contribution in [0.1, 0.15) is 16.7 Å². The maximum atomic E-state index is 6.09. The van der Waals surface area contributed by atoms with E-state index in [-0.39, 0.29) is 12.4 Å². The normalized spacial score (nSPS) is 10.4. The molecule has 5 heteroatoms. The van der Waals surface area contributed by atoms with E-state index >= 15 is 0 Å². The van der Waals surface area contributed by atoms with E-state index in [4.69, 9.17) is 21.3 Å². The Hall–Kier alpha value is -1.97. The second-order valence-electron chi connectivity index (χ2n) is 5.77. The fourth-order valence-electron chi connectivity index (χ4n) is 2.82. The minimum Gasteiger partial charge on any atom is -0.495 e. The first kappa shape index (κ1) is 18.4. The molecule has 3 nitrogen and oxygen atoms in total. The Kier molecular flexibility index (Phi) is 5.58. The third-order valence-corrected chi connectivity index (χ3v) is 4.11. The molecule has 0 radical (unpaired) electrons. The van der Waals surface area contributed by atoms with E-state index in [9.17, 15) is 0 Å². The van der Waals surface area contributed by atoms with Crippen molar-refractivity contribution in [3.05, 3.63) is 58.1 Å². The number of methoxy groups -OCH3 is 1.